The molecule has 0 amide bonds. The quantitative estimate of drug-likeness (QED) is 0.585. The van der Waals surface area contributed by atoms with E-state index in [0.717, 1.165) is 11.3 Å². The minimum absolute atomic E-state index is 0.00144. The molecule has 6 nitrogen and oxygen atoms in total. The minimum Gasteiger partial charge on any atom is -0.325 e. The lowest BCUT2D eigenvalue weighted by Crippen LogP contribution is -2.13. The smallest absolute Gasteiger partial charge is 0.269 e. The molecular weight excluding hydrogens is 208 g/mol. The first-order valence-corrected chi connectivity index (χ1v) is 4.96. The normalized spacial score (nSPS) is 19.1. The number of rotatable bonds is 3. The fourth-order valence-corrected chi connectivity index (χ4v) is 1.67. The Morgan fingerprint density at radius 1 is 1.62 bits per heavy atom. The molecule has 1 aromatic rings. The van der Waals surface area contributed by atoms with E-state index >= 15 is 0 Å². The molecule has 1 heterocycles. The standard InChI is InChI=1S/C10H12N4O2/c11-6-8-5-10(13-12-8)7-2-1-3-9(4-7)14(15)16/h1-4,10,13H,5-6,11H2. The molecule has 1 unspecified atom stereocenters. The van der Waals surface area contributed by atoms with Crippen LogP contribution in [0.15, 0.2) is 29.4 Å². The number of nitrogens with two attached hydrogens (primary N) is 1. The Morgan fingerprint density at radius 3 is 3.06 bits per heavy atom. The van der Waals surface area contributed by atoms with Crippen molar-refractivity contribution in [2.45, 2.75) is 12.5 Å². The first-order valence-electron chi connectivity index (χ1n) is 4.96. The van der Waals surface area contributed by atoms with Gasteiger partial charge in [0.2, 0.25) is 0 Å². The van der Waals surface area contributed by atoms with Gasteiger partial charge in [0, 0.05) is 25.1 Å². The van der Waals surface area contributed by atoms with Crippen molar-refractivity contribution in [3.8, 4) is 0 Å². The molecule has 0 saturated heterocycles. The van der Waals surface area contributed by atoms with Gasteiger partial charge in [-0.3, -0.25) is 10.1 Å². The third-order valence-electron chi connectivity index (χ3n) is 2.54. The Morgan fingerprint density at radius 2 is 2.44 bits per heavy atom. The van der Waals surface area contributed by atoms with Gasteiger partial charge in [-0.05, 0) is 5.56 Å². The molecule has 16 heavy (non-hydrogen) atoms. The van der Waals surface area contributed by atoms with E-state index in [1.807, 2.05) is 6.07 Å². The lowest BCUT2D eigenvalue weighted by molar-refractivity contribution is -0.384. The van der Waals surface area contributed by atoms with Gasteiger partial charge >= 0.3 is 0 Å². The zero-order valence-corrected chi connectivity index (χ0v) is 8.59. The molecule has 1 aromatic carbocycles. The molecule has 2 rings (SSSR count). The fourth-order valence-electron chi connectivity index (χ4n) is 1.67. The summed E-state index contributed by atoms with van der Waals surface area (Å²) in [7, 11) is 0. The zero-order chi connectivity index (χ0) is 11.5. The molecule has 84 valence electrons. The van der Waals surface area contributed by atoms with Crippen LogP contribution in [0.2, 0.25) is 0 Å². The number of nitro groups is 1. The Hall–Kier alpha value is -1.95. The van der Waals surface area contributed by atoms with Crippen LogP contribution in [0.4, 0.5) is 5.69 Å². The molecule has 1 atom stereocenters. The van der Waals surface area contributed by atoms with Crippen LogP contribution in [-0.2, 0) is 0 Å². The molecule has 0 spiro atoms. The van der Waals surface area contributed by atoms with Crippen molar-refractivity contribution < 1.29 is 4.92 Å². The fraction of sp³-hybridized carbons (Fsp3) is 0.300. The van der Waals surface area contributed by atoms with Gasteiger partial charge in [0.15, 0.2) is 0 Å². The maximum Gasteiger partial charge on any atom is 0.269 e. The zero-order valence-electron chi connectivity index (χ0n) is 8.59. The molecule has 0 radical (unpaired) electrons. The first-order chi connectivity index (χ1) is 7.70. The van der Waals surface area contributed by atoms with Gasteiger partial charge in [-0.15, -0.1) is 0 Å². The minimum atomic E-state index is -0.400. The number of nitrogens with zero attached hydrogens (tertiary/aromatic N) is 2. The first kappa shape index (κ1) is 10.6. The van der Waals surface area contributed by atoms with Crippen LogP contribution in [0.3, 0.4) is 0 Å². The predicted octanol–water partition coefficient (Wildman–Crippen LogP) is 0.944. The van der Waals surface area contributed by atoms with E-state index in [1.165, 1.54) is 6.07 Å². The van der Waals surface area contributed by atoms with E-state index in [-0.39, 0.29) is 11.7 Å². The van der Waals surface area contributed by atoms with E-state index in [4.69, 9.17) is 5.73 Å². The molecule has 0 fully saturated rings. The number of nitrogens with one attached hydrogen (secondary N) is 1. The second-order valence-corrected chi connectivity index (χ2v) is 3.62. The topological polar surface area (TPSA) is 93.5 Å². The molecule has 0 bridgehead atoms. The van der Waals surface area contributed by atoms with E-state index in [0.29, 0.717) is 13.0 Å². The lowest BCUT2D eigenvalue weighted by Gasteiger charge is -2.09. The maximum absolute atomic E-state index is 10.6. The molecule has 1 aliphatic heterocycles. The highest BCUT2D eigenvalue weighted by atomic mass is 16.6. The summed E-state index contributed by atoms with van der Waals surface area (Å²) in [5.74, 6) is 0. The summed E-state index contributed by atoms with van der Waals surface area (Å²) in [6.07, 6.45) is 0.706. The predicted molar refractivity (Wildman–Crippen MR) is 60.1 cm³/mol. The SMILES string of the molecule is NCC1=NNC(c2cccc([N+](=O)[O-])c2)C1. The van der Waals surface area contributed by atoms with Gasteiger partial charge in [-0.2, -0.15) is 5.10 Å². The van der Waals surface area contributed by atoms with E-state index in [9.17, 15) is 10.1 Å². The molecule has 0 saturated carbocycles. The van der Waals surface area contributed by atoms with Gasteiger partial charge in [0.05, 0.1) is 16.7 Å². The van der Waals surface area contributed by atoms with Crippen molar-refractivity contribution in [3.05, 3.63) is 39.9 Å². The second kappa shape index (κ2) is 4.28. The monoisotopic (exact) mass is 220 g/mol. The highest BCUT2D eigenvalue weighted by Gasteiger charge is 2.20. The van der Waals surface area contributed by atoms with Crippen LogP contribution < -0.4 is 11.2 Å². The summed E-state index contributed by atoms with van der Waals surface area (Å²) < 4.78 is 0. The number of non-ortho nitro benzene ring substituents is 1. The van der Waals surface area contributed by atoms with Crippen LogP contribution in [0.5, 0.6) is 0 Å². The van der Waals surface area contributed by atoms with Crippen molar-refractivity contribution in [1.29, 1.82) is 0 Å². The average Bonchev–Trinajstić information content (AvgIpc) is 2.77. The van der Waals surface area contributed by atoms with Gasteiger partial charge in [-0.1, -0.05) is 12.1 Å². The van der Waals surface area contributed by atoms with E-state index in [2.05, 4.69) is 10.5 Å². The number of hydrazone groups is 1. The summed E-state index contributed by atoms with van der Waals surface area (Å²) in [5.41, 5.74) is 10.2. The van der Waals surface area contributed by atoms with Crippen molar-refractivity contribution in [3.63, 3.8) is 0 Å². The lowest BCUT2D eigenvalue weighted by atomic mass is 10.0. The van der Waals surface area contributed by atoms with Crippen molar-refractivity contribution in [2.75, 3.05) is 6.54 Å². The highest BCUT2D eigenvalue weighted by molar-refractivity contribution is 5.88. The summed E-state index contributed by atoms with van der Waals surface area (Å²) in [4.78, 5) is 10.2. The summed E-state index contributed by atoms with van der Waals surface area (Å²) in [6, 6.07) is 6.56. The molecule has 0 aromatic heterocycles. The molecule has 6 heteroatoms. The summed E-state index contributed by atoms with van der Waals surface area (Å²) in [6.45, 7) is 0.415. The van der Waals surface area contributed by atoms with Crippen LogP contribution in [0.25, 0.3) is 0 Å². The van der Waals surface area contributed by atoms with Gasteiger partial charge < -0.3 is 11.2 Å². The number of hydrogen-bond donors (Lipinski definition) is 2. The second-order valence-electron chi connectivity index (χ2n) is 3.62. The van der Waals surface area contributed by atoms with Crippen LogP contribution in [-0.4, -0.2) is 17.2 Å². The number of hydrogen-bond acceptors (Lipinski definition) is 5. The third kappa shape index (κ3) is 2.01. The Balaban J connectivity index is 2.17. The van der Waals surface area contributed by atoms with Crippen molar-refractivity contribution in [2.24, 2.45) is 10.8 Å². The molecule has 1 aliphatic rings. The Kier molecular flexibility index (Phi) is 2.82. The molecule has 0 aliphatic carbocycles. The summed E-state index contributed by atoms with van der Waals surface area (Å²) >= 11 is 0. The number of nitro benzene ring substituents is 1. The van der Waals surface area contributed by atoms with Gasteiger partial charge in [0.1, 0.15) is 0 Å². The Labute approximate surface area is 92.3 Å². The van der Waals surface area contributed by atoms with Gasteiger partial charge in [0.25, 0.3) is 5.69 Å². The molecule has 3 N–H and O–H groups in total. The molecular formula is C10H12N4O2. The van der Waals surface area contributed by atoms with Crippen LogP contribution in [0, 0.1) is 10.1 Å². The van der Waals surface area contributed by atoms with Gasteiger partial charge in [-0.25, -0.2) is 0 Å². The van der Waals surface area contributed by atoms with Crippen LogP contribution in [0.1, 0.15) is 18.0 Å². The summed E-state index contributed by atoms with van der Waals surface area (Å²) in [5, 5.41) is 14.7. The van der Waals surface area contributed by atoms with E-state index < -0.39 is 4.92 Å². The Bertz CT molecular complexity index is 444. The van der Waals surface area contributed by atoms with E-state index in [1.54, 1.807) is 12.1 Å². The van der Waals surface area contributed by atoms with Crippen LogP contribution >= 0.6 is 0 Å². The van der Waals surface area contributed by atoms with Crippen molar-refractivity contribution in [1.82, 2.24) is 5.43 Å². The largest absolute Gasteiger partial charge is 0.325 e. The third-order valence-corrected chi connectivity index (χ3v) is 2.54. The van der Waals surface area contributed by atoms with Crippen molar-refractivity contribution >= 4 is 11.4 Å². The number of benzene rings is 1. The average molecular weight is 220 g/mol. The highest BCUT2D eigenvalue weighted by Crippen LogP contribution is 2.24. The maximum atomic E-state index is 10.6.